The molecular weight excluding hydrogens is 290 g/mol. The molecule has 0 aromatic rings. The Morgan fingerprint density at radius 2 is 1.62 bits per heavy atom. The van der Waals surface area contributed by atoms with Crippen LogP contribution in [0.3, 0.4) is 0 Å². The predicted molar refractivity (Wildman–Crippen MR) is 87.8 cm³/mol. The first kappa shape index (κ1) is 18.7. The zero-order chi connectivity index (χ0) is 15.5. The van der Waals surface area contributed by atoms with E-state index in [-0.39, 0.29) is 6.04 Å². The summed E-state index contributed by atoms with van der Waals surface area (Å²) in [4.78, 5) is 5.33. The summed E-state index contributed by atoms with van der Waals surface area (Å²) in [5.41, 5.74) is 5.70. The van der Waals surface area contributed by atoms with E-state index in [1.807, 2.05) is 0 Å². The molecule has 124 valence electrons. The van der Waals surface area contributed by atoms with Crippen LogP contribution in [-0.2, 0) is 14.2 Å². The van der Waals surface area contributed by atoms with E-state index in [0.717, 1.165) is 39.3 Å². The normalized spacial score (nSPS) is 18.8. The van der Waals surface area contributed by atoms with E-state index in [4.69, 9.17) is 32.2 Å². The quantitative estimate of drug-likeness (QED) is 0.423. The maximum Gasteiger partial charge on any atom is 0.0899 e. The van der Waals surface area contributed by atoms with Crippen molar-refractivity contribution in [3.05, 3.63) is 0 Å². The van der Waals surface area contributed by atoms with Crippen LogP contribution in [0.25, 0.3) is 0 Å². The Morgan fingerprint density at radius 3 is 2.19 bits per heavy atom. The lowest BCUT2D eigenvalue weighted by Gasteiger charge is -2.37. The number of rotatable bonds is 11. The molecule has 1 aliphatic heterocycles. The molecule has 1 rings (SSSR count). The van der Waals surface area contributed by atoms with Crippen molar-refractivity contribution in [2.45, 2.75) is 13.0 Å². The van der Waals surface area contributed by atoms with Gasteiger partial charge in [0.2, 0.25) is 0 Å². The molecule has 0 radical (unpaired) electrons. The summed E-state index contributed by atoms with van der Waals surface area (Å²) >= 11 is 5.05. The van der Waals surface area contributed by atoms with Gasteiger partial charge < -0.3 is 19.9 Å². The zero-order valence-corrected chi connectivity index (χ0v) is 14.1. The van der Waals surface area contributed by atoms with Crippen molar-refractivity contribution in [3.63, 3.8) is 0 Å². The van der Waals surface area contributed by atoms with E-state index >= 15 is 0 Å². The first-order valence-corrected chi connectivity index (χ1v) is 7.96. The largest absolute Gasteiger partial charge is 0.392 e. The van der Waals surface area contributed by atoms with Crippen molar-refractivity contribution in [3.8, 4) is 0 Å². The molecule has 0 aromatic carbocycles. The van der Waals surface area contributed by atoms with E-state index in [2.05, 4.69) is 16.7 Å². The second-order valence-corrected chi connectivity index (χ2v) is 5.64. The van der Waals surface area contributed by atoms with Gasteiger partial charge >= 0.3 is 0 Å². The first-order chi connectivity index (χ1) is 10.1. The third-order valence-corrected chi connectivity index (χ3v) is 4.06. The highest BCUT2D eigenvalue weighted by molar-refractivity contribution is 7.80. The molecule has 1 aliphatic rings. The highest BCUT2D eigenvalue weighted by Crippen LogP contribution is 2.06. The molecule has 0 aromatic heterocycles. The number of nitrogens with two attached hydrogens (primary N) is 1. The van der Waals surface area contributed by atoms with Gasteiger partial charge in [-0.25, -0.2) is 0 Å². The molecule has 1 atom stereocenters. The van der Waals surface area contributed by atoms with Crippen molar-refractivity contribution in [2.24, 2.45) is 5.73 Å². The Kier molecular flexibility index (Phi) is 10.1. The average Bonchev–Trinajstić information content (AvgIpc) is 2.49. The minimum atomic E-state index is 0.197. The Balaban J connectivity index is 1.97. The summed E-state index contributed by atoms with van der Waals surface area (Å²) in [7, 11) is 1.67. The van der Waals surface area contributed by atoms with Gasteiger partial charge in [0.1, 0.15) is 0 Å². The smallest absolute Gasteiger partial charge is 0.0899 e. The molecule has 1 heterocycles. The lowest BCUT2D eigenvalue weighted by atomic mass is 10.2. The van der Waals surface area contributed by atoms with Crippen LogP contribution in [0.15, 0.2) is 0 Å². The molecule has 0 aliphatic carbocycles. The van der Waals surface area contributed by atoms with Crippen LogP contribution in [0.5, 0.6) is 0 Å². The molecule has 0 bridgehead atoms. The van der Waals surface area contributed by atoms with Crippen molar-refractivity contribution < 1.29 is 14.2 Å². The molecule has 21 heavy (non-hydrogen) atoms. The molecule has 6 nitrogen and oxygen atoms in total. The standard InChI is InChI=1S/C14H29N3O3S/c1-13(14(15)21)17-5-3-16(4-6-17)7-8-19-11-12-20-10-9-18-2/h13H,3-12H2,1-2H3,(H2,15,21). The lowest BCUT2D eigenvalue weighted by molar-refractivity contribution is 0.0153. The topological polar surface area (TPSA) is 60.2 Å². The van der Waals surface area contributed by atoms with E-state index in [9.17, 15) is 0 Å². The summed E-state index contributed by atoms with van der Waals surface area (Å²) in [6, 6.07) is 0.197. The average molecular weight is 319 g/mol. The maximum atomic E-state index is 5.70. The van der Waals surface area contributed by atoms with E-state index < -0.39 is 0 Å². The fraction of sp³-hybridized carbons (Fsp3) is 0.929. The highest BCUT2D eigenvalue weighted by Gasteiger charge is 2.21. The molecular formula is C14H29N3O3S. The molecule has 1 saturated heterocycles. The molecule has 7 heteroatoms. The van der Waals surface area contributed by atoms with Gasteiger partial charge in [-0.1, -0.05) is 12.2 Å². The maximum absolute atomic E-state index is 5.70. The van der Waals surface area contributed by atoms with Crippen LogP contribution in [0.2, 0.25) is 0 Å². The van der Waals surface area contributed by atoms with Crippen LogP contribution in [0, 0.1) is 0 Å². The predicted octanol–water partition coefficient (Wildman–Crippen LogP) is -0.0418. The van der Waals surface area contributed by atoms with Gasteiger partial charge in [0, 0.05) is 39.8 Å². The van der Waals surface area contributed by atoms with Gasteiger partial charge in [0.25, 0.3) is 0 Å². The monoisotopic (exact) mass is 319 g/mol. The number of thiocarbonyl (C=S) groups is 1. The minimum Gasteiger partial charge on any atom is -0.392 e. The van der Waals surface area contributed by atoms with Crippen molar-refractivity contribution >= 4 is 17.2 Å². The molecule has 2 N–H and O–H groups in total. The van der Waals surface area contributed by atoms with Gasteiger partial charge in [0.15, 0.2) is 0 Å². The number of hydrogen-bond acceptors (Lipinski definition) is 6. The fourth-order valence-electron chi connectivity index (χ4n) is 2.21. The van der Waals surface area contributed by atoms with Crippen LogP contribution < -0.4 is 5.73 Å². The summed E-state index contributed by atoms with van der Waals surface area (Å²) in [5.74, 6) is 0. The molecule has 0 saturated carbocycles. The van der Waals surface area contributed by atoms with Crippen molar-refractivity contribution in [1.29, 1.82) is 0 Å². The second kappa shape index (κ2) is 11.3. The molecule has 1 unspecified atom stereocenters. The van der Waals surface area contributed by atoms with Gasteiger partial charge in [-0.2, -0.15) is 0 Å². The third-order valence-electron chi connectivity index (χ3n) is 3.72. The summed E-state index contributed by atoms with van der Waals surface area (Å²) < 4.78 is 15.8. The van der Waals surface area contributed by atoms with Crippen LogP contribution in [-0.4, -0.2) is 93.7 Å². The van der Waals surface area contributed by atoms with Gasteiger partial charge in [-0.3, -0.25) is 9.80 Å². The zero-order valence-electron chi connectivity index (χ0n) is 13.3. The van der Waals surface area contributed by atoms with E-state index in [0.29, 0.717) is 31.4 Å². The van der Waals surface area contributed by atoms with Crippen LogP contribution >= 0.6 is 12.2 Å². The minimum absolute atomic E-state index is 0.197. The number of piperazine rings is 1. The second-order valence-electron chi connectivity index (χ2n) is 5.17. The van der Waals surface area contributed by atoms with Gasteiger partial charge in [-0.15, -0.1) is 0 Å². The summed E-state index contributed by atoms with van der Waals surface area (Å²) in [6.45, 7) is 10.4. The van der Waals surface area contributed by atoms with Crippen molar-refractivity contribution in [2.75, 3.05) is 72.9 Å². The Morgan fingerprint density at radius 1 is 1.05 bits per heavy atom. The molecule has 0 amide bonds. The fourth-order valence-corrected chi connectivity index (χ4v) is 2.36. The third kappa shape index (κ3) is 8.04. The first-order valence-electron chi connectivity index (χ1n) is 7.55. The SMILES string of the molecule is COCCOCCOCCN1CCN(C(C)C(N)=S)CC1. The number of nitrogens with zero attached hydrogens (tertiary/aromatic N) is 2. The van der Waals surface area contributed by atoms with Gasteiger partial charge in [0.05, 0.1) is 44.1 Å². The Hall–Kier alpha value is -0.310. The molecule has 0 spiro atoms. The number of hydrogen-bond donors (Lipinski definition) is 1. The summed E-state index contributed by atoms with van der Waals surface area (Å²) in [5, 5.41) is 0. The van der Waals surface area contributed by atoms with Gasteiger partial charge in [-0.05, 0) is 6.92 Å². The van der Waals surface area contributed by atoms with Crippen LogP contribution in [0.4, 0.5) is 0 Å². The Bertz CT molecular complexity index is 287. The summed E-state index contributed by atoms with van der Waals surface area (Å²) in [6.07, 6.45) is 0. The highest BCUT2D eigenvalue weighted by atomic mass is 32.1. The van der Waals surface area contributed by atoms with E-state index in [1.165, 1.54) is 0 Å². The molecule has 1 fully saturated rings. The van der Waals surface area contributed by atoms with Crippen molar-refractivity contribution in [1.82, 2.24) is 9.80 Å². The number of methoxy groups -OCH3 is 1. The Labute approximate surface area is 133 Å². The number of ether oxygens (including phenoxy) is 3. The lowest BCUT2D eigenvalue weighted by Crippen LogP contribution is -2.53. The van der Waals surface area contributed by atoms with Crippen LogP contribution in [0.1, 0.15) is 6.92 Å². The van der Waals surface area contributed by atoms with E-state index in [1.54, 1.807) is 7.11 Å².